The van der Waals surface area contributed by atoms with Gasteiger partial charge in [0.05, 0.1) is 0 Å². The van der Waals surface area contributed by atoms with Gasteiger partial charge in [0.1, 0.15) is 0 Å². The molecule has 1 aromatic carbocycles. The van der Waals surface area contributed by atoms with Crippen molar-refractivity contribution in [1.82, 2.24) is 5.32 Å². The maximum absolute atomic E-state index is 8.70. The van der Waals surface area contributed by atoms with E-state index in [4.69, 9.17) is 5.11 Å². The molecule has 1 aromatic rings. The molecule has 2 heteroatoms. The van der Waals surface area contributed by atoms with Gasteiger partial charge in [0.2, 0.25) is 0 Å². The SMILES string of the molecule is CCC(Cc1ccccc1)NCCCCO. The fraction of sp³-hybridized carbons (Fsp3) is 0.571. The van der Waals surface area contributed by atoms with Crippen LogP contribution in [0.5, 0.6) is 0 Å². The Labute approximate surface area is 98.7 Å². The molecule has 1 rings (SSSR count). The van der Waals surface area contributed by atoms with E-state index in [0.29, 0.717) is 12.6 Å². The molecule has 0 saturated heterocycles. The molecule has 2 N–H and O–H groups in total. The Balaban J connectivity index is 2.26. The third-order valence-corrected chi connectivity index (χ3v) is 2.84. The zero-order valence-electron chi connectivity index (χ0n) is 10.2. The van der Waals surface area contributed by atoms with E-state index in [9.17, 15) is 0 Å². The van der Waals surface area contributed by atoms with Crippen LogP contribution in [0, 0.1) is 0 Å². The quantitative estimate of drug-likeness (QED) is 0.661. The summed E-state index contributed by atoms with van der Waals surface area (Å²) in [6.07, 6.45) is 4.20. The number of benzene rings is 1. The van der Waals surface area contributed by atoms with Gasteiger partial charge in [-0.15, -0.1) is 0 Å². The standard InChI is InChI=1S/C14H23NO/c1-2-14(15-10-6-7-11-16)12-13-8-4-3-5-9-13/h3-5,8-9,14-16H,2,6-7,10-12H2,1H3. The highest BCUT2D eigenvalue weighted by molar-refractivity contribution is 5.15. The number of hydrogen-bond acceptors (Lipinski definition) is 2. The van der Waals surface area contributed by atoms with Crippen molar-refractivity contribution in [2.75, 3.05) is 13.2 Å². The van der Waals surface area contributed by atoms with Gasteiger partial charge in [-0.3, -0.25) is 0 Å². The molecule has 0 saturated carbocycles. The molecule has 0 heterocycles. The van der Waals surface area contributed by atoms with Crippen molar-refractivity contribution in [2.45, 2.75) is 38.6 Å². The molecule has 0 radical (unpaired) electrons. The van der Waals surface area contributed by atoms with Gasteiger partial charge in [0, 0.05) is 12.6 Å². The van der Waals surface area contributed by atoms with E-state index in [1.807, 2.05) is 0 Å². The van der Waals surface area contributed by atoms with Crippen LogP contribution < -0.4 is 5.32 Å². The molecule has 2 nitrogen and oxygen atoms in total. The Hall–Kier alpha value is -0.860. The van der Waals surface area contributed by atoms with E-state index < -0.39 is 0 Å². The van der Waals surface area contributed by atoms with Crippen molar-refractivity contribution in [2.24, 2.45) is 0 Å². The van der Waals surface area contributed by atoms with Crippen LogP contribution in [0.15, 0.2) is 30.3 Å². The summed E-state index contributed by atoms with van der Waals surface area (Å²) in [6.45, 7) is 3.52. The summed E-state index contributed by atoms with van der Waals surface area (Å²) in [4.78, 5) is 0. The van der Waals surface area contributed by atoms with Crippen LogP contribution in [0.1, 0.15) is 31.7 Å². The van der Waals surface area contributed by atoms with Crippen LogP contribution in [-0.4, -0.2) is 24.3 Å². The number of hydrogen-bond donors (Lipinski definition) is 2. The van der Waals surface area contributed by atoms with E-state index >= 15 is 0 Å². The van der Waals surface area contributed by atoms with Crippen LogP contribution in [-0.2, 0) is 6.42 Å². The van der Waals surface area contributed by atoms with Crippen LogP contribution in [0.4, 0.5) is 0 Å². The Morgan fingerprint density at radius 2 is 1.94 bits per heavy atom. The summed E-state index contributed by atoms with van der Waals surface area (Å²) in [5.74, 6) is 0. The Morgan fingerprint density at radius 3 is 2.56 bits per heavy atom. The van der Waals surface area contributed by atoms with Gasteiger partial charge in [-0.25, -0.2) is 0 Å². The highest BCUT2D eigenvalue weighted by Crippen LogP contribution is 2.05. The van der Waals surface area contributed by atoms with Crippen molar-refractivity contribution in [1.29, 1.82) is 0 Å². The monoisotopic (exact) mass is 221 g/mol. The Bertz CT molecular complexity index is 261. The first-order valence-electron chi connectivity index (χ1n) is 6.25. The van der Waals surface area contributed by atoms with Gasteiger partial charge < -0.3 is 10.4 Å². The van der Waals surface area contributed by atoms with Crippen molar-refractivity contribution < 1.29 is 5.11 Å². The largest absolute Gasteiger partial charge is 0.396 e. The second-order valence-corrected chi connectivity index (χ2v) is 4.18. The minimum absolute atomic E-state index is 0.303. The second-order valence-electron chi connectivity index (χ2n) is 4.18. The normalized spacial score (nSPS) is 12.6. The average Bonchev–Trinajstić information content (AvgIpc) is 2.34. The topological polar surface area (TPSA) is 32.3 Å². The number of nitrogens with one attached hydrogen (secondary N) is 1. The Kier molecular flexibility index (Phi) is 6.86. The smallest absolute Gasteiger partial charge is 0.0431 e. The first-order valence-corrected chi connectivity index (χ1v) is 6.25. The summed E-state index contributed by atoms with van der Waals surface area (Å²) in [6, 6.07) is 11.2. The molecule has 0 fully saturated rings. The number of aliphatic hydroxyl groups excluding tert-OH is 1. The first kappa shape index (κ1) is 13.2. The lowest BCUT2D eigenvalue weighted by Crippen LogP contribution is -2.31. The lowest BCUT2D eigenvalue weighted by atomic mass is 10.0. The third-order valence-electron chi connectivity index (χ3n) is 2.84. The van der Waals surface area contributed by atoms with E-state index in [2.05, 4.69) is 42.6 Å². The molecule has 16 heavy (non-hydrogen) atoms. The van der Waals surface area contributed by atoms with Crippen molar-refractivity contribution in [3.05, 3.63) is 35.9 Å². The van der Waals surface area contributed by atoms with Gasteiger partial charge in [0.15, 0.2) is 0 Å². The van der Waals surface area contributed by atoms with Gasteiger partial charge >= 0.3 is 0 Å². The second kappa shape index (κ2) is 8.31. The summed E-state index contributed by atoms with van der Waals surface area (Å²) in [5, 5.41) is 12.2. The maximum atomic E-state index is 8.70. The molecule has 0 amide bonds. The third kappa shape index (κ3) is 5.29. The van der Waals surface area contributed by atoms with Crippen LogP contribution in [0.3, 0.4) is 0 Å². The fourth-order valence-corrected chi connectivity index (χ4v) is 1.80. The van der Waals surface area contributed by atoms with E-state index in [1.54, 1.807) is 0 Å². The van der Waals surface area contributed by atoms with E-state index in [0.717, 1.165) is 32.2 Å². The van der Waals surface area contributed by atoms with Crippen LogP contribution in [0.25, 0.3) is 0 Å². The molecule has 0 aliphatic heterocycles. The minimum Gasteiger partial charge on any atom is -0.396 e. The van der Waals surface area contributed by atoms with Crippen molar-refractivity contribution in [3.8, 4) is 0 Å². The van der Waals surface area contributed by atoms with E-state index in [-0.39, 0.29) is 0 Å². The van der Waals surface area contributed by atoms with Gasteiger partial charge in [-0.2, -0.15) is 0 Å². The molecule has 0 aliphatic rings. The average molecular weight is 221 g/mol. The zero-order valence-corrected chi connectivity index (χ0v) is 10.2. The lowest BCUT2D eigenvalue weighted by molar-refractivity contribution is 0.282. The highest BCUT2D eigenvalue weighted by atomic mass is 16.2. The molecule has 1 unspecified atom stereocenters. The molecule has 0 spiro atoms. The van der Waals surface area contributed by atoms with E-state index in [1.165, 1.54) is 5.56 Å². The summed E-state index contributed by atoms with van der Waals surface area (Å²) in [7, 11) is 0. The molecule has 0 aliphatic carbocycles. The number of unbranched alkanes of at least 4 members (excludes halogenated alkanes) is 1. The van der Waals surface area contributed by atoms with Gasteiger partial charge in [-0.05, 0) is 37.8 Å². The molecule has 0 aromatic heterocycles. The summed E-state index contributed by atoms with van der Waals surface area (Å²) < 4.78 is 0. The van der Waals surface area contributed by atoms with Crippen LogP contribution in [0.2, 0.25) is 0 Å². The maximum Gasteiger partial charge on any atom is 0.0431 e. The molecular weight excluding hydrogens is 198 g/mol. The summed E-state index contributed by atoms with van der Waals surface area (Å²) in [5.41, 5.74) is 1.39. The predicted molar refractivity (Wildman–Crippen MR) is 68.5 cm³/mol. The van der Waals surface area contributed by atoms with Crippen molar-refractivity contribution >= 4 is 0 Å². The van der Waals surface area contributed by atoms with Crippen LogP contribution >= 0.6 is 0 Å². The molecular formula is C14H23NO. The fourth-order valence-electron chi connectivity index (χ4n) is 1.80. The first-order chi connectivity index (χ1) is 7.86. The molecule has 0 bridgehead atoms. The molecule has 90 valence electrons. The number of rotatable bonds is 8. The van der Waals surface area contributed by atoms with Gasteiger partial charge in [0.25, 0.3) is 0 Å². The molecule has 1 atom stereocenters. The zero-order chi connectivity index (χ0) is 11.6. The highest BCUT2D eigenvalue weighted by Gasteiger charge is 2.05. The summed E-state index contributed by atoms with van der Waals surface area (Å²) >= 11 is 0. The Morgan fingerprint density at radius 1 is 1.19 bits per heavy atom. The lowest BCUT2D eigenvalue weighted by Gasteiger charge is -2.16. The minimum atomic E-state index is 0.303. The van der Waals surface area contributed by atoms with Crippen molar-refractivity contribution in [3.63, 3.8) is 0 Å². The number of aliphatic hydroxyl groups is 1. The predicted octanol–water partition coefficient (Wildman–Crippen LogP) is 2.37. The van der Waals surface area contributed by atoms with Gasteiger partial charge in [-0.1, -0.05) is 37.3 Å².